The number of hydrogen-bond donors (Lipinski definition) is 1. The molecule has 0 amide bonds. The van der Waals surface area contributed by atoms with E-state index in [9.17, 15) is 14.7 Å². The van der Waals surface area contributed by atoms with E-state index in [2.05, 4.69) is 13.8 Å². The van der Waals surface area contributed by atoms with Crippen molar-refractivity contribution in [3.63, 3.8) is 0 Å². The number of epoxide rings is 1. The van der Waals surface area contributed by atoms with Crippen molar-refractivity contribution >= 4 is 11.8 Å². The Labute approximate surface area is 125 Å². The maximum Gasteiger partial charge on any atom is 0.302 e. The van der Waals surface area contributed by atoms with Crippen LogP contribution in [0.25, 0.3) is 0 Å². The van der Waals surface area contributed by atoms with Gasteiger partial charge in [0.15, 0.2) is 0 Å². The van der Waals surface area contributed by atoms with E-state index in [1.54, 1.807) is 6.92 Å². The first kappa shape index (κ1) is 15.0. The average Bonchev–Trinajstić information content (AvgIpc) is 3.09. The molecule has 7 unspecified atom stereocenters. The molecule has 3 rings (SSSR count). The highest BCUT2D eigenvalue weighted by Gasteiger charge is 2.77. The van der Waals surface area contributed by atoms with Crippen molar-refractivity contribution in [2.75, 3.05) is 0 Å². The van der Waals surface area contributed by atoms with Crippen molar-refractivity contribution in [3.05, 3.63) is 0 Å². The molecule has 7 atom stereocenters. The quantitative estimate of drug-likeness (QED) is 0.617. The van der Waals surface area contributed by atoms with Gasteiger partial charge in [0.1, 0.15) is 23.6 Å². The molecule has 2 aliphatic carbocycles. The van der Waals surface area contributed by atoms with Gasteiger partial charge in [0, 0.05) is 12.3 Å². The summed E-state index contributed by atoms with van der Waals surface area (Å²) in [5.41, 5.74) is -0.807. The second-order valence-electron chi connectivity index (χ2n) is 7.19. The van der Waals surface area contributed by atoms with Gasteiger partial charge in [-0.25, -0.2) is 0 Å². The Kier molecular flexibility index (Phi) is 3.23. The molecule has 0 bridgehead atoms. The number of aliphatic hydroxyl groups is 1. The molecule has 21 heavy (non-hydrogen) atoms. The second-order valence-corrected chi connectivity index (χ2v) is 7.19. The summed E-state index contributed by atoms with van der Waals surface area (Å²) < 4.78 is 11.4. The maximum atomic E-state index is 12.3. The van der Waals surface area contributed by atoms with Gasteiger partial charge in [-0.2, -0.15) is 0 Å². The topological polar surface area (TPSA) is 76.1 Å². The monoisotopic (exact) mass is 296 g/mol. The molecule has 1 heterocycles. The largest absolute Gasteiger partial charge is 0.462 e. The number of aliphatic hydroxyl groups excluding tert-OH is 1. The summed E-state index contributed by atoms with van der Waals surface area (Å²) in [4.78, 5) is 23.7. The van der Waals surface area contributed by atoms with Gasteiger partial charge in [0.05, 0.1) is 12.0 Å². The van der Waals surface area contributed by atoms with Crippen molar-refractivity contribution in [1.29, 1.82) is 0 Å². The molecule has 2 saturated carbocycles. The number of carbonyl (C=O) groups is 2. The standard InChI is InChI=1S/C16H24O5/c1-8-7-11(19)14-16(21-14)6-5-12(20-10(3)18)13(9(2)17)15(8,16)4/h8,11-14,19H,5-7H2,1-4H3. The zero-order valence-corrected chi connectivity index (χ0v) is 13.1. The highest BCUT2D eigenvalue weighted by atomic mass is 16.6. The molecule has 0 aromatic carbocycles. The number of Topliss-reactive ketones (excluding diaryl/α,β-unsaturated/α-hetero) is 1. The van der Waals surface area contributed by atoms with Crippen molar-refractivity contribution in [2.24, 2.45) is 17.3 Å². The van der Waals surface area contributed by atoms with Crippen LogP contribution in [0, 0.1) is 17.3 Å². The van der Waals surface area contributed by atoms with Crippen LogP contribution < -0.4 is 0 Å². The summed E-state index contributed by atoms with van der Waals surface area (Å²) in [5.74, 6) is -0.524. The third kappa shape index (κ3) is 1.83. The fourth-order valence-corrected chi connectivity index (χ4v) is 5.14. The van der Waals surface area contributed by atoms with E-state index < -0.39 is 11.7 Å². The van der Waals surface area contributed by atoms with Gasteiger partial charge in [-0.1, -0.05) is 13.8 Å². The Morgan fingerprint density at radius 3 is 2.57 bits per heavy atom. The van der Waals surface area contributed by atoms with Crippen LogP contribution in [0.1, 0.15) is 47.0 Å². The van der Waals surface area contributed by atoms with Crippen LogP contribution in [-0.4, -0.2) is 40.8 Å². The van der Waals surface area contributed by atoms with Crippen LogP contribution in [0.3, 0.4) is 0 Å². The smallest absolute Gasteiger partial charge is 0.302 e. The maximum absolute atomic E-state index is 12.3. The van der Waals surface area contributed by atoms with Gasteiger partial charge in [-0.15, -0.1) is 0 Å². The van der Waals surface area contributed by atoms with E-state index in [0.29, 0.717) is 12.8 Å². The number of rotatable bonds is 2. The minimum Gasteiger partial charge on any atom is -0.462 e. The highest BCUT2D eigenvalue weighted by Crippen LogP contribution is 2.68. The zero-order chi connectivity index (χ0) is 15.6. The predicted molar refractivity (Wildman–Crippen MR) is 74.5 cm³/mol. The van der Waals surface area contributed by atoms with Crippen LogP contribution in [0.5, 0.6) is 0 Å². The molecular formula is C16H24O5. The van der Waals surface area contributed by atoms with E-state index in [1.807, 2.05) is 0 Å². The zero-order valence-electron chi connectivity index (χ0n) is 13.1. The number of hydrogen-bond acceptors (Lipinski definition) is 5. The normalized spacial score (nSPS) is 51.6. The lowest BCUT2D eigenvalue weighted by molar-refractivity contribution is -0.172. The minimum absolute atomic E-state index is 0.0420. The molecule has 1 N–H and O–H groups in total. The van der Waals surface area contributed by atoms with E-state index >= 15 is 0 Å². The molecule has 118 valence electrons. The van der Waals surface area contributed by atoms with Gasteiger partial charge in [0.2, 0.25) is 0 Å². The van der Waals surface area contributed by atoms with Crippen molar-refractivity contribution in [3.8, 4) is 0 Å². The predicted octanol–water partition coefficient (Wildman–Crippen LogP) is 1.46. The second kappa shape index (κ2) is 4.53. The molecule has 3 aliphatic rings. The van der Waals surface area contributed by atoms with E-state index in [4.69, 9.17) is 9.47 Å². The SMILES string of the molecule is CC(=O)OC1CCC23OC2C(O)CC(C)C3(C)C1C(C)=O. The first-order chi connectivity index (χ1) is 9.74. The van der Waals surface area contributed by atoms with Gasteiger partial charge >= 0.3 is 5.97 Å². The Bertz CT molecular complexity index is 489. The molecule has 5 heteroatoms. The Hall–Kier alpha value is -0.940. The van der Waals surface area contributed by atoms with E-state index in [1.165, 1.54) is 6.92 Å². The van der Waals surface area contributed by atoms with Gasteiger partial charge in [0.25, 0.3) is 0 Å². The molecule has 0 aromatic rings. The van der Waals surface area contributed by atoms with Crippen LogP contribution >= 0.6 is 0 Å². The number of esters is 1. The van der Waals surface area contributed by atoms with Crippen molar-refractivity contribution in [1.82, 2.24) is 0 Å². The molecular weight excluding hydrogens is 272 g/mol. The summed E-state index contributed by atoms with van der Waals surface area (Å²) in [6, 6.07) is 0. The van der Waals surface area contributed by atoms with Crippen LogP contribution in [-0.2, 0) is 19.1 Å². The first-order valence-electron chi connectivity index (χ1n) is 7.77. The van der Waals surface area contributed by atoms with Crippen molar-refractivity contribution < 1.29 is 24.2 Å². The van der Waals surface area contributed by atoms with Crippen LogP contribution in [0.15, 0.2) is 0 Å². The number of carbonyl (C=O) groups excluding carboxylic acids is 2. The molecule has 3 fully saturated rings. The Morgan fingerprint density at radius 2 is 2.00 bits per heavy atom. The lowest BCUT2D eigenvalue weighted by atomic mass is 9.49. The Morgan fingerprint density at radius 1 is 1.33 bits per heavy atom. The van der Waals surface area contributed by atoms with Gasteiger partial charge in [-0.3, -0.25) is 9.59 Å². The molecule has 1 spiro atoms. The lowest BCUT2D eigenvalue weighted by Crippen LogP contribution is -2.62. The molecule has 5 nitrogen and oxygen atoms in total. The minimum atomic E-state index is -0.453. The number of ketones is 1. The first-order valence-corrected chi connectivity index (χ1v) is 7.77. The fraction of sp³-hybridized carbons (Fsp3) is 0.875. The highest BCUT2D eigenvalue weighted by molar-refractivity contribution is 5.81. The summed E-state index contributed by atoms with van der Waals surface area (Å²) >= 11 is 0. The summed E-state index contributed by atoms with van der Waals surface area (Å²) in [7, 11) is 0. The molecule has 0 aromatic heterocycles. The molecule has 1 aliphatic heterocycles. The summed E-state index contributed by atoms with van der Waals surface area (Å²) in [5, 5.41) is 10.2. The van der Waals surface area contributed by atoms with Gasteiger partial charge in [-0.05, 0) is 32.1 Å². The van der Waals surface area contributed by atoms with Gasteiger partial charge < -0.3 is 14.6 Å². The molecule has 1 saturated heterocycles. The Balaban J connectivity index is 2.00. The van der Waals surface area contributed by atoms with Crippen molar-refractivity contribution in [2.45, 2.75) is 70.9 Å². The summed E-state index contributed by atoms with van der Waals surface area (Å²) in [6.07, 6.45) is 0.981. The fourth-order valence-electron chi connectivity index (χ4n) is 5.14. The number of ether oxygens (including phenoxy) is 2. The third-order valence-electron chi connectivity index (χ3n) is 6.19. The average molecular weight is 296 g/mol. The molecule has 0 radical (unpaired) electrons. The van der Waals surface area contributed by atoms with E-state index in [0.717, 1.165) is 6.42 Å². The summed E-state index contributed by atoms with van der Waals surface area (Å²) in [6.45, 7) is 7.09. The lowest BCUT2D eigenvalue weighted by Gasteiger charge is -2.54. The third-order valence-corrected chi connectivity index (χ3v) is 6.19. The van der Waals surface area contributed by atoms with Crippen LogP contribution in [0.4, 0.5) is 0 Å². The van der Waals surface area contributed by atoms with Crippen LogP contribution in [0.2, 0.25) is 0 Å². The van der Waals surface area contributed by atoms with E-state index in [-0.39, 0.29) is 41.2 Å².